The van der Waals surface area contributed by atoms with Crippen LogP contribution in [-0.4, -0.2) is 24.5 Å². The molecule has 8 heteroatoms. The highest BCUT2D eigenvalue weighted by atomic mass is 32.2. The largest absolute Gasteiger partial charge is 0.481 e. The molecule has 4 rings (SSSR count). The number of hydrogen-bond acceptors (Lipinski definition) is 3. The Labute approximate surface area is 184 Å². The number of halogens is 1. The maximum Gasteiger partial charge on any atom is 0.303 e. The van der Waals surface area contributed by atoms with Crippen LogP contribution in [0.2, 0.25) is 0 Å². The van der Waals surface area contributed by atoms with Crippen molar-refractivity contribution in [2.45, 2.75) is 24.2 Å². The standard InChI is InChI=1S/C24H21FN2O4S/c25-17-8-6-16(7-9-17)14-20-21-15-18(27-32(30,31)19-4-2-1-3-5-19)10-11-22(21)26-23(20)12-13-24(28)29/h1-11,15,26-27H,12-14H2,(H,28,29). The molecule has 0 fully saturated rings. The van der Waals surface area contributed by atoms with E-state index in [2.05, 4.69) is 9.71 Å². The fraction of sp³-hybridized carbons (Fsp3) is 0.125. The van der Waals surface area contributed by atoms with Gasteiger partial charge in [-0.25, -0.2) is 12.8 Å². The van der Waals surface area contributed by atoms with Gasteiger partial charge < -0.3 is 10.1 Å². The molecule has 0 radical (unpaired) electrons. The summed E-state index contributed by atoms with van der Waals surface area (Å²) in [4.78, 5) is 14.5. The summed E-state index contributed by atoms with van der Waals surface area (Å²) in [6.45, 7) is 0. The van der Waals surface area contributed by atoms with Crippen LogP contribution in [0.1, 0.15) is 23.2 Å². The normalized spacial score (nSPS) is 11.5. The Morgan fingerprint density at radius 3 is 2.41 bits per heavy atom. The lowest BCUT2D eigenvalue weighted by Gasteiger charge is -2.09. The highest BCUT2D eigenvalue weighted by Gasteiger charge is 2.17. The van der Waals surface area contributed by atoms with Crippen LogP contribution in [0.25, 0.3) is 10.9 Å². The summed E-state index contributed by atoms with van der Waals surface area (Å²) in [6, 6.07) is 19.3. The van der Waals surface area contributed by atoms with Gasteiger partial charge in [0, 0.05) is 22.3 Å². The predicted octanol–water partition coefficient (Wildman–Crippen LogP) is 4.72. The smallest absolute Gasteiger partial charge is 0.303 e. The van der Waals surface area contributed by atoms with Crippen molar-refractivity contribution < 1.29 is 22.7 Å². The van der Waals surface area contributed by atoms with Crippen molar-refractivity contribution in [3.8, 4) is 0 Å². The number of nitrogens with one attached hydrogen (secondary N) is 2. The van der Waals surface area contributed by atoms with Crippen LogP contribution in [0.15, 0.2) is 77.7 Å². The van der Waals surface area contributed by atoms with Gasteiger partial charge in [0.2, 0.25) is 0 Å². The fourth-order valence-corrected chi connectivity index (χ4v) is 4.70. The second kappa shape index (κ2) is 8.84. The van der Waals surface area contributed by atoms with E-state index in [-0.39, 0.29) is 17.1 Å². The summed E-state index contributed by atoms with van der Waals surface area (Å²) >= 11 is 0. The summed E-state index contributed by atoms with van der Waals surface area (Å²) < 4.78 is 41.3. The van der Waals surface area contributed by atoms with Crippen molar-refractivity contribution in [1.82, 2.24) is 4.98 Å². The van der Waals surface area contributed by atoms with E-state index in [0.717, 1.165) is 27.7 Å². The average molecular weight is 453 g/mol. The summed E-state index contributed by atoms with van der Waals surface area (Å²) in [5, 5.41) is 9.89. The monoisotopic (exact) mass is 452 g/mol. The molecule has 164 valence electrons. The molecule has 1 aromatic heterocycles. The van der Waals surface area contributed by atoms with Crippen molar-refractivity contribution in [1.29, 1.82) is 0 Å². The number of aromatic amines is 1. The molecule has 0 amide bonds. The highest BCUT2D eigenvalue weighted by Crippen LogP contribution is 2.29. The first-order valence-corrected chi connectivity index (χ1v) is 11.5. The lowest BCUT2D eigenvalue weighted by molar-refractivity contribution is -0.136. The van der Waals surface area contributed by atoms with E-state index in [1.54, 1.807) is 48.5 Å². The number of carboxylic acid groups (broad SMARTS) is 1. The number of aryl methyl sites for hydroxylation is 1. The van der Waals surface area contributed by atoms with Crippen LogP contribution in [0, 0.1) is 5.82 Å². The molecule has 0 aliphatic carbocycles. The van der Waals surface area contributed by atoms with Gasteiger partial charge in [0.25, 0.3) is 10.0 Å². The number of carboxylic acids is 1. The molecule has 32 heavy (non-hydrogen) atoms. The van der Waals surface area contributed by atoms with E-state index in [4.69, 9.17) is 5.11 Å². The van der Waals surface area contributed by atoms with Crippen molar-refractivity contribution in [3.63, 3.8) is 0 Å². The van der Waals surface area contributed by atoms with E-state index in [1.165, 1.54) is 24.3 Å². The Morgan fingerprint density at radius 2 is 1.72 bits per heavy atom. The number of aliphatic carboxylic acids is 1. The molecule has 0 saturated carbocycles. The number of H-pyrrole nitrogens is 1. The van der Waals surface area contributed by atoms with Crippen LogP contribution in [0.4, 0.5) is 10.1 Å². The van der Waals surface area contributed by atoms with Crippen LogP contribution >= 0.6 is 0 Å². The van der Waals surface area contributed by atoms with E-state index < -0.39 is 16.0 Å². The van der Waals surface area contributed by atoms with E-state index in [9.17, 15) is 17.6 Å². The third-order valence-electron chi connectivity index (χ3n) is 5.18. The first kappa shape index (κ1) is 21.6. The zero-order valence-corrected chi connectivity index (χ0v) is 17.8. The molecule has 0 saturated heterocycles. The molecule has 1 heterocycles. The maximum absolute atomic E-state index is 13.3. The number of aromatic nitrogens is 1. The third kappa shape index (κ3) is 4.81. The molecule has 3 N–H and O–H groups in total. The molecule has 6 nitrogen and oxygen atoms in total. The topological polar surface area (TPSA) is 99.3 Å². The minimum atomic E-state index is -3.75. The van der Waals surface area contributed by atoms with Crippen molar-refractivity contribution in [2.75, 3.05) is 4.72 Å². The second-order valence-corrected chi connectivity index (χ2v) is 9.14. The molecular weight excluding hydrogens is 431 g/mol. The highest BCUT2D eigenvalue weighted by molar-refractivity contribution is 7.92. The van der Waals surface area contributed by atoms with Crippen molar-refractivity contribution in [3.05, 3.63) is 95.4 Å². The molecule has 0 atom stereocenters. The Bertz CT molecular complexity index is 1360. The number of hydrogen-bond donors (Lipinski definition) is 3. The van der Waals surface area contributed by atoms with Crippen LogP contribution < -0.4 is 4.72 Å². The van der Waals surface area contributed by atoms with E-state index in [1.807, 2.05) is 0 Å². The quantitative estimate of drug-likeness (QED) is 0.360. The van der Waals surface area contributed by atoms with Crippen molar-refractivity contribution >= 4 is 32.6 Å². The molecule has 0 unspecified atom stereocenters. The number of anilines is 1. The SMILES string of the molecule is O=C(O)CCc1[nH]c2ccc(NS(=O)(=O)c3ccccc3)cc2c1Cc1ccc(F)cc1. The van der Waals surface area contributed by atoms with Gasteiger partial charge >= 0.3 is 5.97 Å². The van der Waals surface area contributed by atoms with E-state index in [0.29, 0.717) is 18.5 Å². The van der Waals surface area contributed by atoms with Crippen molar-refractivity contribution in [2.24, 2.45) is 0 Å². The number of fused-ring (bicyclic) bond motifs is 1. The minimum Gasteiger partial charge on any atom is -0.481 e. The van der Waals surface area contributed by atoms with Gasteiger partial charge in [-0.2, -0.15) is 0 Å². The number of rotatable bonds is 8. The van der Waals surface area contributed by atoms with Gasteiger partial charge in [-0.05, 0) is 66.4 Å². The molecular formula is C24H21FN2O4S. The molecule has 0 bridgehead atoms. The third-order valence-corrected chi connectivity index (χ3v) is 6.58. The Morgan fingerprint density at radius 1 is 1.00 bits per heavy atom. The van der Waals surface area contributed by atoms with Gasteiger partial charge in [-0.15, -0.1) is 0 Å². The van der Waals surface area contributed by atoms with Gasteiger partial charge in [-0.3, -0.25) is 9.52 Å². The second-order valence-electron chi connectivity index (χ2n) is 7.46. The minimum absolute atomic E-state index is 0.0449. The molecule has 0 aliphatic rings. The lowest BCUT2D eigenvalue weighted by Crippen LogP contribution is -2.12. The van der Waals surface area contributed by atoms with Gasteiger partial charge in [0.15, 0.2) is 0 Å². The van der Waals surface area contributed by atoms with Gasteiger partial charge in [0.05, 0.1) is 11.3 Å². The number of benzene rings is 3. The Kier molecular flexibility index (Phi) is 5.96. The fourth-order valence-electron chi connectivity index (χ4n) is 3.63. The van der Waals surface area contributed by atoms with Gasteiger partial charge in [-0.1, -0.05) is 30.3 Å². The average Bonchev–Trinajstić information content (AvgIpc) is 3.11. The zero-order valence-electron chi connectivity index (χ0n) is 17.0. The lowest BCUT2D eigenvalue weighted by atomic mass is 9.99. The predicted molar refractivity (Wildman–Crippen MR) is 121 cm³/mol. The summed E-state index contributed by atoms with van der Waals surface area (Å²) in [6.07, 6.45) is 0.701. The Balaban J connectivity index is 1.73. The number of carbonyl (C=O) groups is 1. The summed E-state index contributed by atoms with van der Waals surface area (Å²) in [7, 11) is -3.75. The van der Waals surface area contributed by atoms with E-state index >= 15 is 0 Å². The maximum atomic E-state index is 13.3. The van der Waals surface area contributed by atoms with Gasteiger partial charge in [0.1, 0.15) is 5.82 Å². The Hall–Kier alpha value is -3.65. The summed E-state index contributed by atoms with van der Waals surface area (Å²) in [5.74, 6) is -1.25. The first-order chi connectivity index (χ1) is 15.3. The summed E-state index contributed by atoms with van der Waals surface area (Å²) in [5.41, 5.74) is 3.64. The van der Waals surface area contributed by atoms with Crippen LogP contribution in [-0.2, 0) is 27.7 Å². The molecule has 3 aromatic carbocycles. The molecule has 4 aromatic rings. The zero-order chi connectivity index (χ0) is 22.7. The van der Waals surface area contributed by atoms with Crippen LogP contribution in [0.3, 0.4) is 0 Å². The molecule has 0 spiro atoms. The number of sulfonamides is 1. The van der Waals surface area contributed by atoms with Crippen LogP contribution in [0.5, 0.6) is 0 Å². The first-order valence-electron chi connectivity index (χ1n) is 9.99. The molecule has 0 aliphatic heterocycles.